The van der Waals surface area contributed by atoms with Crippen molar-refractivity contribution in [2.45, 2.75) is 12.8 Å². The van der Waals surface area contributed by atoms with E-state index >= 15 is 0 Å². The van der Waals surface area contributed by atoms with E-state index in [0.29, 0.717) is 12.2 Å². The Labute approximate surface area is 117 Å². The normalized spacial score (nSPS) is 18.2. The molecule has 2 N–H and O–H groups in total. The summed E-state index contributed by atoms with van der Waals surface area (Å²) < 4.78 is 0. The second-order valence-corrected chi connectivity index (χ2v) is 4.34. The van der Waals surface area contributed by atoms with Crippen LogP contribution < -0.4 is 10.6 Å². The molecule has 1 aromatic carbocycles. The second kappa shape index (κ2) is 7.06. The topological polar surface area (TPSA) is 84.3 Å². The van der Waals surface area contributed by atoms with Gasteiger partial charge < -0.3 is 10.6 Å². The minimum Gasteiger partial charge on any atom is -0.326 e. The number of nitro groups is 1. The highest BCUT2D eigenvalue weighted by Gasteiger charge is 2.21. The number of carbonyl (C=O) groups excluding carboxylic acids is 1. The summed E-state index contributed by atoms with van der Waals surface area (Å²) in [7, 11) is 0. The van der Waals surface area contributed by atoms with Gasteiger partial charge in [-0.3, -0.25) is 14.9 Å². The Hall–Kier alpha value is -1.66. The average molecular weight is 286 g/mol. The molecule has 0 saturated carbocycles. The molecule has 1 aliphatic rings. The molecule has 0 unspecified atom stereocenters. The van der Waals surface area contributed by atoms with Gasteiger partial charge in [0.05, 0.1) is 10.8 Å². The molecule has 1 saturated heterocycles. The molecule has 19 heavy (non-hydrogen) atoms. The van der Waals surface area contributed by atoms with Gasteiger partial charge in [-0.1, -0.05) is 6.07 Å². The number of rotatable bonds is 3. The van der Waals surface area contributed by atoms with Crippen LogP contribution in [0.2, 0.25) is 0 Å². The van der Waals surface area contributed by atoms with Gasteiger partial charge >= 0.3 is 0 Å². The summed E-state index contributed by atoms with van der Waals surface area (Å²) in [4.78, 5) is 22.1. The highest BCUT2D eigenvalue weighted by molar-refractivity contribution is 5.93. The number of carbonyl (C=O) groups is 1. The fraction of sp³-hybridized carbons (Fsp3) is 0.417. The van der Waals surface area contributed by atoms with Gasteiger partial charge in [0.25, 0.3) is 5.69 Å². The third-order valence-corrected chi connectivity index (χ3v) is 2.99. The van der Waals surface area contributed by atoms with E-state index in [4.69, 9.17) is 0 Å². The van der Waals surface area contributed by atoms with Crippen molar-refractivity contribution in [3.8, 4) is 0 Å². The highest BCUT2D eigenvalue weighted by atomic mass is 35.5. The maximum absolute atomic E-state index is 11.9. The number of nitrogens with one attached hydrogen (secondary N) is 2. The Balaban J connectivity index is 0.00000180. The van der Waals surface area contributed by atoms with Crippen molar-refractivity contribution >= 4 is 29.7 Å². The zero-order valence-electron chi connectivity index (χ0n) is 10.3. The lowest BCUT2D eigenvalue weighted by Gasteiger charge is -2.21. The first-order valence-electron chi connectivity index (χ1n) is 5.93. The van der Waals surface area contributed by atoms with Crippen LogP contribution >= 0.6 is 12.4 Å². The number of hydrogen-bond acceptors (Lipinski definition) is 4. The monoisotopic (exact) mass is 285 g/mol. The molecule has 0 bridgehead atoms. The van der Waals surface area contributed by atoms with Gasteiger partial charge in [0.15, 0.2) is 0 Å². The van der Waals surface area contributed by atoms with E-state index in [1.807, 2.05) is 0 Å². The largest absolute Gasteiger partial charge is 0.326 e. The minimum absolute atomic E-state index is 0. The van der Waals surface area contributed by atoms with Gasteiger partial charge in [0.1, 0.15) is 0 Å². The number of hydrogen-bond donors (Lipinski definition) is 2. The average Bonchev–Trinajstić information content (AvgIpc) is 2.40. The number of nitrogens with zero attached hydrogens (tertiary/aromatic N) is 1. The number of piperidine rings is 1. The molecule has 0 aromatic heterocycles. The molecule has 0 radical (unpaired) electrons. The van der Waals surface area contributed by atoms with Crippen LogP contribution in [0, 0.1) is 16.0 Å². The minimum atomic E-state index is -0.474. The summed E-state index contributed by atoms with van der Waals surface area (Å²) in [6.45, 7) is 1.61. The summed E-state index contributed by atoms with van der Waals surface area (Å²) in [6.07, 6.45) is 1.83. The predicted molar refractivity (Wildman–Crippen MR) is 74.6 cm³/mol. The smallest absolute Gasteiger partial charge is 0.271 e. The zero-order chi connectivity index (χ0) is 13.0. The number of benzene rings is 1. The molecule has 7 heteroatoms. The van der Waals surface area contributed by atoms with Gasteiger partial charge in [-0.25, -0.2) is 0 Å². The van der Waals surface area contributed by atoms with E-state index in [9.17, 15) is 14.9 Å². The fourth-order valence-corrected chi connectivity index (χ4v) is 2.02. The van der Waals surface area contributed by atoms with E-state index in [0.717, 1.165) is 19.4 Å². The van der Waals surface area contributed by atoms with Crippen LogP contribution in [0.15, 0.2) is 24.3 Å². The number of anilines is 1. The van der Waals surface area contributed by atoms with Crippen LogP contribution in [0.1, 0.15) is 12.8 Å². The van der Waals surface area contributed by atoms with Crippen LogP contribution in [0.5, 0.6) is 0 Å². The molecule has 2 rings (SSSR count). The molecule has 104 valence electrons. The summed E-state index contributed by atoms with van der Waals surface area (Å²) in [5.41, 5.74) is 0.453. The lowest BCUT2D eigenvalue weighted by molar-refractivity contribution is -0.384. The number of non-ortho nitro benzene ring substituents is 1. The van der Waals surface area contributed by atoms with Crippen LogP contribution in [0.3, 0.4) is 0 Å². The van der Waals surface area contributed by atoms with Gasteiger partial charge in [0.2, 0.25) is 5.91 Å². The van der Waals surface area contributed by atoms with Crippen molar-refractivity contribution < 1.29 is 9.72 Å². The van der Waals surface area contributed by atoms with Crippen LogP contribution in [-0.2, 0) is 4.79 Å². The lowest BCUT2D eigenvalue weighted by Crippen LogP contribution is -2.37. The van der Waals surface area contributed by atoms with E-state index in [1.165, 1.54) is 12.1 Å². The molecule has 0 spiro atoms. The van der Waals surface area contributed by atoms with Crippen molar-refractivity contribution in [1.82, 2.24) is 5.32 Å². The summed E-state index contributed by atoms with van der Waals surface area (Å²) in [6, 6.07) is 5.99. The van der Waals surface area contributed by atoms with Gasteiger partial charge in [-0.2, -0.15) is 0 Å². The second-order valence-electron chi connectivity index (χ2n) is 4.34. The molecule has 1 aliphatic heterocycles. The molecule has 6 nitrogen and oxygen atoms in total. The summed E-state index contributed by atoms with van der Waals surface area (Å²) >= 11 is 0. The van der Waals surface area contributed by atoms with E-state index < -0.39 is 4.92 Å². The molecular formula is C12H16ClN3O3. The number of halogens is 1. The SMILES string of the molecule is Cl.O=C(Nc1cccc([N+](=O)[O-])c1)[C@@H]1CCCNC1. The first-order chi connectivity index (χ1) is 8.66. The quantitative estimate of drug-likeness (QED) is 0.657. The van der Waals surface area contributed by atoms with Crippen LogP contribution in [0.25, 0.3) is 0 Å². The third kappa shape index (κ3) is 4.18. The van der Waals surface area contributed by atoms with E-state index in [1.54, 1.807) is 12.1 Å². The molecule has 1 heterocycles. The Morgan fingerprint density at radius 2 is 2.26 bits per heavy atom. The molecule has 1 aromatic rings. The van der Waals surface area contributed by atoms with Crippen LogP contribution in [-0.4, -0.2) is 23.9 Å². The van der Waals surface area contributed by atoms with E-state index in [2.05, 4.69) is 10.6 Å². The fourth-order valence-electron chi connectivity index (χ4n) is 2.02. The maximum Gasteiger partial charge on any atom is 0.271 e. The van der Waals surface area contributed by atoms with Crippen molar-refractivity contribution in [2.75, 3.05) is 18.4 Å². The molecule has 0 aliphatic carbocycles. The maximum atomic E-state index is 11.9. The predicted octanol–water partition coefficient (Wildman–Crippen LogP) is 1.95. The Morgan fingerprint density at radius 3 is 2.89 bits per heavy atom. The molecular weight excluding hydrogens is 270 g/mol. The molecule has 1 fully saturated rings. The van der Waals surface area contributed by atoms with Crippen molar-refractivity contribution in [2.24, 2.45) is 5.92 Å². The van der Waals surface area contributed by atoms with Gasteiger partial charge in [0, 0.05) is 24.4 Å². The highest BCUT2D eigenvalue weighted by Crippen LogP contribution is 2.19. The standard InChI is InChI=1S/C12H15N3O3.ClH/c16-12(9-3-2-6-13-8-9)14-10-4-1-5-11(7-10)15(17)18;/h1,4-5,7,9,13H,2-3,6,8H2,(H,14,16);1H/t9-;/m1./s1. The Bertz CT molecular complexity index is 461. The van der Waals surface area contributed by atoms with Crippen molar-refractivity contribution in [1.29, 1.82) is 0 Å². The zero-order valence-corrected chi connectivity index (χ0v) is 11.1. The van der Waals surface area contributed by atoms with E-state index in [-0.39, 0.29) is 29.9 Å². The van der Waals surface area contributed by atoms with Gasteiger partial charge in [-0.05, 0) is 25.5 Å². The Morgan fingerprint density at radius 1 is 1.47 bits per heavy atom. The number of nitro benzene ring substituents is 1. The third-order valence-electron chi connectivity index (χ3n) is 2.99. The van der Waals surface area contributed by atoms with Gasteiger partial charge in [-0.15, -0.1) is 12.4 Å². The summed E-state index contributed by atoms with van der Waals surface area (Å²) in [5.74, 6) is -0.138. The first-order valence-corrected chi connectivity index (χ1v) is 5.93. The van der Waals surface area contributed by atoms with Crippen molar-refractivity contribution in [3.63, 3.8) is 0 Å². The molecule has 1 amide bonds. The van der Waals surface area contributed by atoms with Crippen molar-refractivity contribution in [3.05, 3.63) is 34.4 Å². The molecule has 1 atom stereocenters. The Kier molecular flexibility index (Phi) is 5.72. The first kappa shape index (κ1) is 15.4. The lowest BCUT2D eigenvalue weighted by atomic mass is 9.99. The summed E-state index contributed by atoms with van der Waals surface area (Å²) in [5, 5.41) is 16.5. The van der Waals surface area contributed by atoms with Crippen LogP contribution in [0.4, 0.5) is 11.4 Å². The number of amides is 1.